The summed E-state index contributed by atoms with van der Waals surface area (Å²) >= 11 is 3.60. The fourth-order valence-corrected chi connectivity index (χ4v) is 2.75. The van der Waals surface area contributed by atoms with Gasteiger partial charge in [0.2, 0.25) is 0 Å². The molecule has 0 saturated heterocycles. The van der Waals surface area contributed by atoms with E-state index in [2.05, 4.69) is 42.9 Å². The normalized spacial score (nSPS) is 10.6. The van der Waals surface area contributed by atoms with Gasteiger partial charge in [0, 0.05) is 47.8 Å². The van der Waals surface area contributed by atoms with E-state index in [1.165, 1.54) is 5.56 Å². The minimum Gasteiger partial charge on any atom is -0.355 e. The van der Waals surface area contributed by atoms with E-state index >= 15 is 0 Å². The molecule has 2 heterocycles. The van der Waals surface area contributed by atoms with Crippen LogP contribution in [0.15, 0.2) is 59.3 Å². The highest BCUT2D eigenvalue weighted by Crippen LogP contribution is 2.22. The van der Waals surface area contributed by atoms with E-state index in [4.69, 9.17) is 4.98 Å². The van der Waals surface area contributed by atoms with Crippen LogP contribution in [0.2, 0.25) is 0 Å². The second kappa shape index (κ2) is 6.87. The predicted molar refractivity (Wildman–Crippen MR) is 96.2 cm³/mol. The van der Waals surface area contributed by atoms with E-state index in [-0.39, 0.29) is 0 Å². The first-order valence-electron chi connectivity index (χ1n) is 7.34. The summed E-state index contributed by atoms with van der Waals surface area (Å²) in [6, 6.07) is 14.1. The van der Waals surface area contributed by atoms with Gasteiger partial charge in [-0.3, -0.25) is 4.98 Å². The van der Waals surface area contributed by atoms with E-state index in [1.807, 2.05) is 44.3 Å². The monoisotopic (exact) mass is 368 g/mol. The van der Waals surface area contributed by atoms with Crippen LogP contribution >= 0.6 is 15.9 Å². The molecule has 23 heavy (non-hydrogen) atoms. The van der Waals surface area contributed by atoms with Crippen molar-refractivity contribution in [3.63, 3.8) is 0 Å². The number of anilines is 1. The average molecular weight is 369 g/mol. The molecule has 116 valence electrons. The fourth-order valence-electron chi connectivity index (χ4n) is 2.34. The lowest BCUT2D eigenvalue weighted by Crippen LogP contribution is -2.18. The molecule has 0 spiro atoms. The Hall–Kier alpha value is -2.27. The standard InChI is InChI=1S/C18H17BrN4/c1-13-11-17(22-18(21-13)14-7-9-20-10-8-14)23(2)12-15-5-3-4-6-16(15)19/h3-11H,12H2,1-2H3. The minimum absolute atomic E-state index is 0.723. The van der Waals surface area contributed by atoms with Crippen molar-refractivity contribution in [2.45, 2.75) is 13.5 Å². The van der Waals surface area contributed by atoms with Gasteiger partial charge in [0.25, 0.3) is 0 Å². The molecular formula is C18H17BrN4. The van der Waals surface area contributed by atoms with E-state index in [9.17, 15) is 0 Å². The zero-order valence-corrected chi connectivity index (χ0v) is 14.7. The summed E-state index contributed by atoms with van der Waals surface area (Å²) in [5.74, 6) is 1.63. The summed E-state index contributed by atoms with van der Waals surface area (Å²) in [7, 11) is 2.04. The van der Waals surface area contributed by atoms with Crippen LogP contribution in [0.4, 0.5) is 5.82 Å². The number of aromatic nitrogens is 3. The maximum Gasteiger partial charge on any atom is 0.161 e. The molecule has 0 amide bonds. The highest BCUT2D eigenvalue weighted by Gasteiger charge is 2.10. The topological polar surface area (TPSA) is 41.9 Å². The van der Waals surface area contributed by atoms with Crippen LogP contribution in [0.25, 0.3) is 11.4 Å². The van der Waals surface area contributed by atoms with Gasteiger partial charge >= 0.3 is 0 Å². The van der Waals surface area contributed by atoms with Crippen molar-refractivity contribution in [2.24, 2.45) is 0 Å². The predicted octanol–water partition coefficient (Wildman–Crippen LogP) is 4.25. The zero-order valence-electron chi connectivity index (χ0n) is 13.1. The van der Waals surface area contributed by atoms with Gasteiger partial charge in [-0.25, -0.2) is 9.97 Å². The first-order chi connectivity index (χ1) is 11.1. The molecule has 0 atom stereocenters. The quantitative estimate of drug-likeness (QED) is 0.690. The number of nitrogens with zero attached hydrogens (tertiary/aromatic N) is 4. The summed E-state index contributed by atoms with van der Waals surface area (Å²) in [4.78, 5) is 15.4. The summed E-state index contributed by atoms with van der Waals surface area (Å²) < 4.78 is 1.10. The molecule has 0 aliphatic rings. The van der Waals surface area contributed by atoms with Gasteiger partial charge in [0.1, 0.15) is 5.82 Å². The SMILES string of the molecule is Cc1cc(N(C)Cc2ccccc2Br)nc(-c2ccncc2)n1. The first kappa shape index (κ1) is 15.6. The van der Waals surface area contributed by atoms with Crippen molar-refractivity contribution >= 4 is 21.7 Å². The third-order valence-corrected chi connectivity index (χ3v) is 4.31. The van der Waals surface area contributed by atoms with Crippen molar-refractivity contribution in [3.8, 4) is 11.4 Å². The van der Waals surface area contributed by atoms with Gasteiger partial charge in [0.05, 0.1) is 0 Å². The smallest absolute Gasteiger partial charge is 0.161 e. The summed E-state index contributed by atoms with van der Waals surface area (Å²) in [6.07, 6.45) is 3.51. The van der Waals surface area contributed by atoms with Crippen LogP contribution in [0.3, 0.4) is 0 Å². The van der Waals surface area contributed by atoms with Crippen LogP contribution < -0.4 is 4.90 Å². The Morgan fingerprint density at radius 3 is 2.52 bits per heavy atom. The Bertz CT molecular complexity index is 805. The molecule has 0 saturated carbocycles. The lowest BCUT2D eigenvalue weighted by atomic mass is 10.2. The number of halogens is 1. The van der Waals surface area contributed by atoms with Crippen LogP contribution in [-0.4, -0.2) is 22.0 Å². The van der Waals surface area contributed by atoms with E-state index in [0.29, 0.717) is 0 Å². The van der Waals surface area contributed by atoms with Crippen LogP contribution in [-0.2, 0) is 6.54 Å². The molecule has 0 fully saturated rings. The number of hydrogen-bond acceptors (Lipinski definition) is 4. The van der Waals surface area contributed by atoms with E-state index in [1.54, 1.807) is 12.4 Å². The van der Waals surface area contributed by atoms with Crippen LogP contribution in [0.5, 0.6) is 0 Å². The van der Waals surface area contributed by atoms with Crippen molar-refractivity contribution < 1.29 is 0 Å². The van der Waals surface area contributed by atoms with Crippen molar-refractivity contribution in [1.29, 1.82) is 0 Å². The summed E-state index contributed by atoms with van der Waals surface area (Å²) in [6.45, 7) is 2.76. The Labute approximate surface area is 144 Å². The molecule has 0 aliphatic heterocycles. The van der Waals surface area contributed by atoms with E-state index in [0.717, 1.165) is 33.9 Å². The molecule has 5 heteroatoms. The fraction of sp³-hybridized carbons (Fsp3) is 0.167. The Kier molecular flexibility index (Phi) is 4.67. The van der Waals surface area contributed by atoms with Gasteiger partial charge in [-0.05, 0) is 30.7 Å². The highest BCUT2D eigenvalue weighted by molar-refractivity contribution is 9.10. The molecule has 3 aromatic rings. The van der Waals surface area contributed by atoms with Crippen molar-refractivity contribution in [2.75, 3.05) is 11.9 Å². The van der Waals surface area contributed by atoms with Gasteiger partial charge in [-0.15, -0.1) is 0 Å². The average Bonchev–Trinajstić information content (AvgIpc) is 2.57. The number of hydrogen-bond donors (Lipinski definition) is 0. The molecule has 0 bridgehead atoms. The zero-order chi connectivity index (χ0) is 16.2. The molecule has 3 rings (SSSR count). The van der Waals surface area contributed by atoms with Crippen LogP contribution in [0.1, 0.15) is 11.3 Å². The third-order valence-electron chi connectivity index (χ3n) is 3.54. The second-order valence-electron chi connectivity index (χ2n) is 5.37. The third kappa shape index (κ3) is 3.74. The Morgan fingerprint density at radius 2 is 1.78 bits per heavy atom. The number of benzene rings is 1. The van der Waals surface area contributed by atoms with Gasteiger partial charge in [0.15, 0.2) is 5.82 Å². The van der Waals surface area contributed by atoms with E-state index < -0.39 is 0 Å². The highest BCUT2D eigenvalue weighted by atomic mass is 79.9. The lowest BCUT2D eigenvalue weighted by Gasteiger charge is -2.20. The number of aryl methyl sites for hydroxylation is 1. The van der Waals surface area contributed by atoms with Gasteiger partial charge in [-0.1, -0.05) is 34.1 Å². The maximum atomic E-state index is 4.70. The molecule has 4 nitrogen and oxygen atoms in total. The lowest BCUT2D eigenvalue weighted by molar-refractivity contribution is 0.885. The Morgan fingerprint density at radius 1 is 1.04 bits per heavy atom. The molecule has 0 aliphatic carbocycles. The molecule has 1 aromatic carbocycles. The first-order valence-corrected chi connectivity index (χ1v) is 8.13. The molecule has 0 N–H and O–H groups in total. The minimum atomic E-state index is 0.723. The summed E-state index contributed by atoms with van der Waals surface area (Å²) in [5, 5.41) is 0. The molecule has 2 aromatic heterocycles. The maximum absolute atomic E-state index is 4.70. The van der Waals surface area contributed by atoms with Gasteiger partial charge in [-0.2, -0.15) is 0 Å². The van der Waals surface area contributed by atoms with Crippen LogP contribution in [0, 0.1) is 6.92 Å². The number of pyridine rings is 1. The second-order valence-corrected chi connectivity index (χ2v) is 6.23. The largest absolute Gasteiger partial charge is 0.355 e. The molecule has 0 radical (unpaired) electrons. The molecular weight excluding hydrogens is 352 g/mol. The van der Waals surface area contributed by atoms with Gasteiger partial charge < -0.3 is 4.90 Å². The summed E-state index contributed by atoms with van der Waals surface area (Å²) in [5.41, 5.74) is 3.14. The Balaban J connectivity index is 1.91. The number of rotatable bonds is 4. The van der Waals surface area contributed by atoms with Crippen molar-refractivity contribution in [3.05, 3.63) is 70.6 Å². The molecule has 0 unspecified atom stereocenters. The van der Waals surface area contributed by atoms with Crippen molar-refractivity contribution in [1.82, 2.24) is 15.0 Å².